The largest absolute Gasteiger partial charge is 0.507 e. The zero-order valence-electron chi connectivity index (χ0n) is 19.7. The number of ether oxygens (including phenoxy) is 1. The van der Waals surface area contributed by atoms with Crippen molar-refractivity contribution in [1.82, 2.24) is 4.98 Å². The van der Waals surface area contributed by atoms with Gasteiger partial charge >= 0.3 is 0 Å². The summed E-state index contributed by atoms with van der Waals surface area (Å²) in [6, 6.07) is 24.6. The average Bonchev–Trinajstić information content (AvgIpc) is 3.40. The summed E-state index contributed by atoms with van der Waals surface area (Å²) in [6.45, 7) is 2.13. The van der Waals surface area contributed by atoms with Crippen molar-refractivity contribution in [3.8, 4) is 33.2 Å². The molecule has 0 radical (unpaired) electrons. The Morgan fingerprint density at radius 2 is 1.56 bits per heavy atom. The number of nitrogens with one attached hydrogen (secondary N) is 1. The van der Waals surface area contributed by atoms with Gasteiger partial charge in [-0.2, -0.15) is 8.42 Å². The van der Waals surface area contributed by atoms with Gasteiger partial charge in [-0.3, -0.25) is 4.72 Å². The highest BCUT2D eigenvalue weighted by molar-refractivity contribution is 7.92. The molecule has 5 aromatic rings. The summed E-state index contributed by atoms with van der Waals surface area (Å²) in [7, 11) is -2.51. The van der Waals surface area contributed by atoms with Crippen LogP contribution in [0.1, 0.15) is 12.5 Å². The standard InChI is InChI=1S/C28H24N2O4S2/c1-3-18-7-9-19(10-8-18)20-11-13-21(14-12-20)28-29-26(17-35-28)36(32,33)30-24-16-15-22-23(27(24)34-2)5-4-6-25(22)31/h4-17,30-31H,3H2,1-2H3. The number of hydrogen-bond donors (Lipinski definition) is 2. The molecule has 6 nitrogen and oxygen atoms in total. The van der Waals surface area contributed by atoms with E-state index in [1.807, 2.05) is 24.3 Å². The van der Waals surface area contributed by atoms with E-state index in [2.05, 4.69) is 40.9 Å². The molecule has 0 aliphatic rings. The van der Waals surface area contributed by atoms with E-state index in [1.165, 1.54) is 29.4 Å². The second-order valence-corrected chi connectivity index (χ2v) is 10.7. The first-order chi connectivity index (χ1) is 17.4. The van der Waals surface area contributed by atoms with E-state index >= 15 is 0 Å². The number of benzene rings is 4. The number of sulfonamides is 1. The maximum absolute atomic E-state index is 13.1. The molecule has 0 bridgehead atoms. The van der Waals surface area contributed by atoms with Crippen molar-refractivity contribution >= 4 is 37.8 Å². The van der Waals surface area contributed by atoms with Gasteiger partial charge in [0.05, 0.1) is 12.8 Å². The number of nitrogens with zero attached hydrogens (tertiary/aromatic N) is 1. The van der Waals surface area contributed by atoms with Crippen LogP contribution in [0.4, 0.5) is 5.69 Å². The minimum atomic E-state index is -3.96. The number of aromatic nitrogens is 1. The maximum Gasteiger partial charge on any atom is 0.280 e. The fraction of sp³-hybridized carbons (Fsp3) is 0.107. The number of phenols is 1. The monoisotopic (exact) mass is 516 g/mol. The van der Waals surface area contributed by atoms with E-state index in [-0.39, 0.29) is 16.5 Å². The highest BCUT2D eigenvalue weighted by Gasteiger charge is 2.22. The molecule has 4 aromatic carbocycles. The Bertz CT molecular complexity index is 1640. The third-order valence-electron chi connectivity index (χ3n) is 6.02. The Hall–Kier alpha value is -3.88. The molecule has 0 spiro atoms. The normalized spacial score (nSPS) is 11.5. The number of phenolic OH excluding ortho intramolecular Hbond substituents is 1. The smallest absolute Gasteiger partial charge is 0.280 e. The predicted molar refractivity (Wildman–Crippen MR) is 145 cm³/mol. The Kier molecular flexibility index (Phi) is 6.38. The van der Waals surface area contributed by atoms with Gasteiger partial charge in [-0.25, -0.2) is 4.98 Å². The van der Waals surface area contributed by atoms with Crippen molar-refractivity contribution in [3.63, 3.8) is 0 Å². The van der Waals surface area contributed by atoms with Gasteiger partial charge < -0.3 is 9.84 Å². The minimum Gasteiger partial charge on any atom is -0.507 e. The quantitative estimate of drug-likeness (QED) is 0.251. The molecule has 1 aromatic heterocycles. The second kappa shape index (κ2) is 9.64. The summed E-state index contributed by atoms with van der Waals surface area (Å²) in [5, 5.41) is 13.3. The summed E-state index contributed by atoms with van der Waals surface area (Å²) < 4.78 is 34.3. The highest BCUT2D eigenvalue weighted by atomic mass is 32.2. The van der Waals surface area contributed by atoms with Gasteiger partial charge in [0.1, 0.15) is 10.8 Å². The molecule has 1 heterocycles. The van der Waals surface area contributed by atoms with Crippen molar-refractivity contribution < 1.29 is 18.3 Å². The molecule has 0 unspecified atom stereocenters. The van der Waals surface area contributed by atoms with Gasteiger partial charge in [-0.15, -0.1) is 11.3 Å². The molecule has 8 heteroatoms. The number of rotatable bonds is 7. The summed E-state index contributed by atoms with van der Waals surface area (Å²) in [5.41, 5.74) is 4.61. The second-order valence-electron chi connectivity index (χ2n) is 8.24. The zero-order valence-corrected chi connectivity index (χ0v) is 21.4. The Morgan fingerprint density at radius 1 is 0.889 bits per heavy atom. The van der Waals surface area contributed by atoms with Gasteiger partial charge in [0.25, 0.3) is 10.0 Å². The first kappa shape index (κ1) is 23.8. The molecule has 36 heavy (non-hydrogen) atoms. The van der Waals surface area contributed by atoms with Crippen LogP contribution in [0.5, 0.6) is 11.5 Å². The van der Waals surface area contributed by atoms with Crippen LogP contribution < -0.4 is 9.46 Å². The molecular weight excluding hydrogens is 492 g/mol. The SMILES string of the molecule is CCc1ccc(-c2ccc(-c3nc(S(=O)(=O)Nc4ccc5c(O)cccc5c4OC)cs3)cc2)cc1. The molecule has 0 atom stereocenters. The molecule has 0 aliphatic carbocycles. The Morgan fingerprint density at radius 3 is 2.22 bits per heavy atom. The number of thiazole rings is 1. The van der Waals surface area contributed by atoms with Crippen LogP contribution >= 0.6 is 11.3 Å². The first-order valence-electron chi connectivity index (χ1n) is 11.4. The van der Waals surface area contributed by atoms with E-state index in [0.717, 1.165) is 23.1 Å². The lowest BCUT2D eigenvalue weighted by Crippen LogP contribution is -2.14. The average molecular weight is 517 g/mol. The number of fused-ring (bicyclic) bond motifs is 1. The van der Waals surface area contributed by atoms with Crippen molar-refractivity contribution in [1.29, 1.82) is 0 Å². The Labute approximate surface area is 213 Å². The fourth-order valence-corrected chi connectivity index (χ4v) is 6.23. The lowest BCUT2D eigenvalue weighted by Gasteiger charge is -2.13. The number of anilines is 1. The number of aryl methyl sites for hydroxylation is 1. The minimum absolute atomic E-state index is 0.0696. The Balaban J connectivity index is 1.40. The number of hydrogen-bond acceptors (Lipinski definition) is 6. The molecule has 0 saturated heterocycles. The third kappa shape index (κ3) is 4.53. The van der Waals surface area contributed by atoms with E-state index in [0.29, 0.717) is 21.5 Å². The van der Waals surface area contributed by atoms with E-state index in [9.17, 15) is 13.5 Å². The van der Waals surface area contributed by atoms with E-state index in [1.54, 1.807) is 30.3 Å². The molecule has 0 amide bonds. The van der Waals surface area contributed by atoms with E-state index in [4.69, 9.17) is 4.74 Å². The van der Waals surface area contributed by atoms with Crippen LogP contribution in [0.25, 0.3) is 32.5 Å². The van der Waals surface area contributed by atoms with Crippen molar-refractivity contribution in [2.45, 2.75) is 18.4 Å². The van der Waals surface area contributed by atoms with Gasteiger partial charge in [0, 0.05) is 21.7 Å². The molecule has 5 rings (SSSR count). The number of methoxy groups -OCH3 is 1. The lowest BCUT2D eigenvalue weighted by molar-refractivity contribution is 0.421. The maximum atomic E-state index is 13.1. The molecule has 2 N–H and O–H groups in total. The topological polar surface area (TPSA) is 88.5 Å². The van der Waals surface area contributed by atoms with Crippen LogP contribution in [0.2, 0.25) is 0 Å². The predicted octanol–water partition coefficient (Wildman–Crippen LogP) is 6.71. The molecular formula is C28H24N2O4S2. The molecule has 0 fully saturated rings. The summed E-state index contributed by atoms with van der Waals surface area (Å²) in [6.07, 6.45) is 1.00. The summed E-state index contributed by atoms with van der Waals surface area (Å²) in [4.78, 5) is 4.39. The summed E-state index contributed by atoms with van der Waals surface area (Å²) in [5.74, 6) is 0.415. The highest BCUT2D eigenvalue weighted by Crippen LogP contribution is 2.38. The van der Waals surface area contributed by atoms with Crippen LogP contribution in [0.3, 0.4) is 0 Å². The lowest BCUT2D eigenvalue weighted by atomic mass is 10.0. The van der Waals surface area contributed by atoms with Crippen LogP contribution in [0, 0.1) is 0 Å². The van der Waals surface area contributed by atoms with Gasteiger partial charge in [-0.05, 0) is 41.3 Å². The van der Waals surface area contributed by atoms with Crippen LogP contribution in [-0.4, -0.2) is 25.6 Å². The van der Waals surface area contributed by atoms with E-state index < -0.39 is 10.0 Å². The van der Waals surface area contributed by atoms with Gasteiger partial charge in [0.15, 0.2) is 10.8 Å². The van der Waals surface area contributed by atoms with Crippen molar-refractivity contribution in [2.75, 3.05) is 11.8 Å². The zero-order chi connectivity index (χ0) is 25.3. The molecule has 182 valence electrons. The van der Waals surface area contributed by atoms with Gasteiger partial charge in [0.2, 0.25) is 0 Å². The van der Waals surface area contributed by atoms with Gasteiger partial charge in [-0.1, -0.05) is 67.6 Å². The van der Waals surface area contributed by atoms with Crippen LogP contribution in [0.15, 0.2) is 89.3 Å². The molecule has 0 saturated carbocycles. The fourth-order valence-electron chi connectivity index (χ4n) is 4.06. The number of aromatic hydroxyl groups is 1. The summed E-state index contributed by atoms with van der Waals surface area (Å²) >= 11 is 1.27. The van der Waals surface area contributed by atoms with Crippen molar-refractivity contribution in [2.24, 2.45) is 0 Å². The van der Waals surface area contributed by atoms with Crippen LogP contribution in [-0.2, 0) is 16.4 Å². The first-order valence-corrected chi connectivity index (χ1v) is 13.7. The molecule has 0 aliphatic heterocycles. The third-order valence-corrected chi connectivity index (χ3v) is 8.31. The van der Waals surface area contributed by atoms with Crippen molar-refractivity contribution in [3.05, 3.63) is 89.8 Å².